The van der Waals surface area contributed by atoms with Crippen molar-refractivity contribution in [2.45, 2.75) is 32.3 Å². The third kappa shape index (κ3) is 1.21. The topological polar surface area (TPSA) is 0 Å². The van der Waals surface area contributed by atoms with E-state index in [-0.39, 0.29) is 23.1 Å². The Balaban J connectivity index is 1.99. The average molecular weight is 401 g/mol. The van der Waals surface area contributed by atoms with Crippen LogP contribution in [0.2, 0.25) is 0 Å². The molecule has 4 aliphatic carbocycles. The van der Waals surface area contributed by atoms with Crippen molar-refractivity contribution in [1.29, 1.82) is 0 Å². The molecular formula is C12H9Cl7. The van der Waals surface area contributed by atoms with Gasteiger partial charge in [-0.25, -0.2) is 0 Å². The molecule has 0 saturated heterocycles. The van der Waals surface area contributed by atoms with E-state index < -0.39 is 14.1 Å². The zero-order valence-electron chi connectivity index (χ0n) is 9.45. The van der Waals surface area contributed by atoms with Gasteiger partial charge < -0.3 is 0 Å². The van der Waals surface area contributed by atoms with E-state index in [1.54, 1.807) is 0 Å². The molecule has 0 heterocycles. The Hall–Kier alpha value is 1.77. The number of halogens is 7. The predicted molar refractivity (Wildman–Crippen MR) is 83.2 cm³/mol. The summed E-state index contributed by atoms with van der Waals surface area (Å²) in [5.74, 6) is 0.672. The first kappa shape index (κ1) is 14.4. The van der Waals surface area contributed by atoms with Gasteiger partial charge in [-0.15, -0.1) is 34.8 Å². The maximum atomic E-state index is 6.80. The second kappa shape index (κ2) is 3.81. The Morgan fingerprint density at radius 2 is 1.37 bits per heavy atom. The normalized spacial score (nSPS) is 61.1. The first-order valence-electron chi connectivity index (χ1n) is 6.15. The molecule has 0 nitrogen and oxygen atoms in total. The van der Waals surface area contributed by atoms with Crippen molar-refractivity contribution in [3.05, 3.63) is 10.1 Å². The lowest BCUT2D eigenvalue weighted by atomic mass is 9.72. The van der Waals surface area contributed by atoms with E-state index in [1.807, 2.05) is 0 Å². The van der Waals surface area contributed by atoms with Crippen molar-refractivity contribution >= 4 is 81.2 Å². The molecule has 3 saturated carbocycles. The highest BCUT2D eigenvalue weighted by Gasteiger charge is 2.86. The minimum absolute atomic E-state index is 0.00193. The van der Waals surface area contributed by atoms with Crippen LogP contribution >= 0.6 is 81.2 Å². The zero-order valence-corrected chi connectivity index (χ0v) is 14.7. The van der Waals surface area contributed by atoms with E-state index in [9.17, 15) is 0 Å². The number of fused-ring (bicyclic) bond motifs is 9. The highest BCUT2D eigenvalue weighted by Crippen LogP contribution is 2.82. The van der Waals surface area contributed by atoms with Crippen LogP contribution in [0.25, 0.3) is 0 Å². The third-order valence-corrected chi connectivity index (χ3v) is 10.4. The van der Waals surface area contributed by atoms with Gasteiger partial charge in [-0.3, -0.25) is 0 Å². The summed E-state index contributed by atoms with van der Waals surface area (Å²) in [5, 5.41) is 0.707. The maximum absolute atomic E-state index is 6.80. The zero-order chi connectivity index (χ0) is 14.0. The predicted octanol–water partition coefficient (Wildman–Crippen LogP) is 5.71. The van der Waals surface area contributed by atoms with Gasteiger partial charge in [0.15, 0.2) is 4.33 Å². The number of hydrogen-bond donors (Lipinski definition) is 0. The van der Waals surface area contributed by atoms with Gasteiger partial charge >= 0.3 is 0 Å². The monoisotopic (exact) mass is 398 g/mol. The van der Waals surface area contributed by atoms with Gasteiger partial charge in [0.25, 0.3) is 0 Å². The Bertz CT molecular complexity index is 514. The van der Waals surface area contributed by atoms with Gasteiger partial charge in [0.1, 0.15) is 9.75 Å². The molecule has 0 aromatic heterocycles. The minimum atomic E-state index is -1.40. The van der Waals surface area contributed by atoms with Crippen molar-refractivity contribution in [1.82, 2.24) is 0 Å². The molecule has 0 radical (unpaired) electrons. The quantitative estimate of drug-likeness (QED) is 0.360. The molecule has 0 amide bonds. The van der Waals surface area contributed by atoms with Crippen molar-refractivity contribution in [2.24, 2.45) is 23.7 Å². The summed E-state index contributed by atoms with van der Waals surface area (Å²) < 4.78 is -1.40. The summed E-state index contributed by atoms with van der Waals surface area (Å²) in [7, 11) is 0. The van der Waals surface area contributed by atoms with Crippen LogP contribution in [0.5, 0.6) is 0 Å². The second-order valence-corrected chi connectivity index (χ2v) is 9.93. The van der Waals surface area contributed by atoms with E-state index in [2.05, 4.69) is 0 Å². The second-order valence-electron chi connectivity index (χ2n) is 6.09. The smallest absolute Gasteiger partial charge is 0.123 e. The van der Waals surface area contributed by atoms with E-state index in [4.69, 9.17) is 81.2 Å². The lowest BCUT2D eigenvalue weighted by Gasteiger charge is -2.41. The molecule has 3 fully saturated rings. The van der Waals surface area contributed by atoms with Crippen LogP contribution < -0.4 is 0 Å². The molecule has 4 aliphatic rings. The molecule has 0 N–H and O–H groups in total. The van der Waals surface area contributed by atoms with Crippen LogP contribution in [0.15, 0.2) is 10.1 Å². The van der Waals surface area contributed by atoms with Crippen LogP contribution in [0.3, 0.4) is 0 Å². The average Bonchev–Trinajstić information content (AvgIpc) is 2.95. The molecule has 0 unspecified atom stereocenters. The molecule has 4 rings (SSSR count). The highest BCUT2D eigenvalue weighted by molar-refractivity contribution is 6.65. The van der Waals surface area contributed by atoms with Gasteiger partial charge in [0, 0.05) is 5.38 Å². The molecule has 19 heavy (non-hydrogen) atoms. The van der Waals surface area contributed by atoms with Gasteiger partial charge in [-0.2, -0.15) is 0 Å². The van der Waals surface area contributed by atoms with Crippen molar-refractivity contribution in [3.8, 4) is 0 Å². The lowest BCUT2D eigenvalue weighted by Crippen LogP contribution is -2.46. The molecule has 0 spiro atoms. The number of hydrogen-bond acceptors (Lipinski definition) is 0. The Morgan fingerprint density at radius 1 is 0.842 bits per heavy atom. The fourth-order valence-electron chi connectivity index (χ4n) is 4.97. The molecule has 0 aromatic carbocycles. The molecule has 106 valence electrons. The molecule has 7 atom stereocenters. The number of allylic oxidation sites excluding steroid dienone is 2. The summed E-state index contributed by atoms with van der Waals surface area (Å²) in [6.45, 7) is 0. The molecule has 4 bridgehead atoms. The Morgan fingerprint density at radius 3 is 1.95 bits per heavy atom. The lowest BCUT2D eigenvalue weighted by molar-refractivity contribution is 0.222. The molecule has 7 heteroatoms. The Kier molecular flexibility index (Phi) is 2.88. The summed E-state index contributed by atoms with van der Waals surface area (Å²) in [5.41, 5.74) is 0. The van der Waals surface area contributed by atoms with Gasteiger partial charge in [-0.1, -0.05) is 46.4 Å². The molecular weight excluding hydrogens is 392 g/mol. The van der Waals surface area contributed by atoms with Crippen molar-refractivity contribution < 1.29 is 0 Å². The van der Waals surface area contributed by atoms with Crippen LogP contribution in [0.1, 0.15) is 12.8 Å². The van der Waals surface area contributed by atoms with E-state index in [0.29, 0.717) is 16.0 Å². The van der Waals surface area contributed by atoms with Gasteiger partial charge in [0.05, 0.1) is 10.1 Å². The Labute approximate surface area is 146 Å². The first-order chi connectivity index (χ1) is 8.69. The van der Waals surface area contributed by atoms with Crippen LogP contribution in [-0.4, -0.2) is 19.5 Å². The van der Waals surface area contributed by atoms with E-state index >= 15 is 0 Å². The summed E-state index contributed by atoms with van der Waals surface area (Å²) >= 11 is 45.8. The summed E-state index contributed by atoms with van der Waals surface area (Å²) in [4.78, 5) is -2.20. The van der Waals surface area contributed by atoms with Gasteiger partial charge in [-0.05, 0) is 36.5 Å². The SMILES string of the molecule is ClC1=C(Cl)[C@@]2(Cl)[C@@H]3[C@@H]4C[C@H](C[C@@H]4Cl)[C@H]3[C@@]1(Cl)C2(Cl)Cl. The fraction of sp³-hybridized carbons (Fsp3) is 0.833. The van der Waals surface area contributed by atoms with Crippen LogP contribution in [0, 0.1) is 23.7 Å². The van der Waals surface area contributed by atoms with Gasteiger partial charge in [0.2, 0.25) is 0 Å². The largest absolute Gasteiger partial charge is 0.166 e. The minimum Gasteiger partial charge on any atom is -0.123 e. The van der Waals surface area contributed by atoms with Crippen molar-refractivity contribution in [3.63, 3.8) is 0 Å². The number of rotatable bonds is 0. The van der Waals surface area contributed by atoms with E-state index in [1.165, 1.54) is 0 Å². The first-order valence-corrected chi connectivity index (χ1v) is 8.85. The summed E-state index contributed by atoms with van der Waals surface area (Å²) in [6, 6.07) is 0. The van der Waals surface area contributed by atoms with Crippen LogP contribution in [-0.2, 0) is 0 Å². The van der Waals surface area contributed by atoms with Crippen LogP contribution in [0.4, 0.5) is 0 Å². The highest BCUT2D eigenvalue weighted by atomic mass is 35.5. The fourth-order valence-corrected chi connectivity index (χ4v) is 8.61. The standard InChI is InChI=1S/C12H9Cl7/c13-5-2-3-1-4(5)7-6(3)10(16)8(14)9(15)11(7,17)12(10,18)19/h3-7H,1-2H2/t3-,4-,5+,6-,7-,10+,11+/m1/s1. The number of alkyl halides is 5. The molecule has 0 aliphatic heterocycles. The third-order valence-electron chi connectivity index (χ3n) is 5.59. The summed E-state index contributed by atoms with van der Waals surface area (Å²) in [6.07, 6.45) is 1.92. The van der Waals surface area contributed by atoms with E-state index in [0.717, 1.165) is 12.8 Å². The molecule has 0 aromatic rings. The maximum Gasteiger partial charge on any atom is 0.166 e. The van der Waals surface area contributed by atoms with Crippen molar-refractivity contribution in [2.75, 3.05) is 0 Å².